The zero-order valence-electron chi connectivity index (χ0n) is 10.7. The Morgan fingerprint density at radius 2 is 1.79 bits per heavy atom. The second-order valence-electron chi connectivity index (χ2n) is 5.22. The highest BCUT2D eigenvalue weighted by Crippen LogP contribution is 2.17. The Bertz CT molecular complexity index is 154. The minimum Gasteiger partial charge on any atom is -0.389 e. The van der Waals surface area contributed by atoms with Crippen molar-refractivity contribution < 1.29 is 5.11 Å². The molecule has 0 spiro atoms. The third-order valence-electron chi connectivity index (χ3n) is 3.15. The molecule has 0 amide bonds. The molecule has 0 aromatic heterocycles. The van der Waals surface area contributed by atoms with E-state index in [9.17, 15) is 5.11 Å². The van der Waals surface area contributed by atoms with Gasteiger partial charge in [0.05, 0.1) is 5.60 Å². The van der Waals surface area contributed by atoms with Gasteiger partial charge in [0.2, 0.25) is 0 Å². The standard InChI is InChI=1S/C12H27NO/c1-7-11(4)8-13(6)9-12(5,14)10(2)3/h10-11,14H,7-9H2,1-6H3. The van der Waals surface area contributed by atoms with Crippen molar-refractivity contribution in [1.82, 2.24) is 4.90 Å². The molecule has 0 aromatic carbocycles. The fraction of sp³-hybridized carbons (Fsp3) is 1.00. The summed E-state index contributed by atoms with van der Waals surface area (Å²) in [6.07, 6.45) is 1.20. The summed E-state index contributed by atoms with van der Waals surface area (Å²) in [4.78, 5) is 2.23. The molecule has 1 N–H and O–H groups in total. The van der Waals surface area contributed by atoms with Gasteiger partial charge in [0.1, 0.15) is 0 Å². The quantitative estimate of drug-likeness (QED) is 0.713. The number of rotatable bonds is 6. The fourth-order valence-corrected chi connectivity index (χ4v) is 1.45. The molecule has 0 aliphatic rings. The summed E-state index contributed by atoms with van der Waals surface area (Å²) in [5.41, 5.74) is -0.567. The van der Waals surface area contributed by atoms with Crippen LogP contribution >= 0.6 is 0 Å². The average molecular weight is 201 g/mol. The van der Waals surface area contributed by atoms with E-state index in [2.05, 4.69) is 39.6 Å². The Balaban J connectivity index is 3.98. The summed E-state index contributed by atoms with van der Waals surface area (Å²) >= 11 is 0. The lowest BCUT2D eigenvalue weighted by atomic mass is 9.92. The van der Waals surface area contributed by atoms with Gasteiger partial charge >= 0.3 is 0 Å². The molecule has 14 heavy (non-hydrogen) atoms. The predicted molar refractivity (Wildman–Crippen MR) is 62.4 cm³/mol. The largest absolute Gasteiger partial charge is 0.389 e. The average Bonchev–Trinajstić information content (AvgIpc) is 2.02. The van der Waals surface area contributed by atoms with Crippen LogP contribution in [-0.4, -0.2) is 35.7 Å². The van der Waals surface area contributed by atoms with Gasteiger partial charge in [-0.25, -0.2) is 0 Å². The summed E-state index contributed by atoms with van der Waals surface area (Å²) in [7, 11) is 2.09. The first kappa shape index (κ1) is 13.9. The summed E-state index contributed by atoms with van der Waals surface area (Å²) < 4.78 is 0. The van der Waals surface area contributed by atoms with E-state index in [1.807, 2.05) is 6.92 Å². The van der Waals surface area contributed by atoms with Crippen molar-refractivity contribution in [2.24, 2.45) is 11.8 Å². The maximum absolute atomic E-state index is 10.1. The maximum atomic E-state index is 10.1. The van der Waals surface area contributed by atoms with Crippen LogP contribution in [0.4, 0.5) is 0 Å². The SMILES string of the molecule is CCC(C)CN(C)CC(C)(O)C(C)C. The highest BCUT2D eigenvalue weighted by molar-refractivity contribution is 4.79. The molecule has 0 saturated carbocycles. The smallest absolute Gasteiger partial charge is 0.0768 e. The van der Waals surface area contributed by atoms with Gasteiger partial charge in [-0.05, 0) is 25.8 Å². The van der Waals surface area contributed by atoms with Gasteiger partial charge in [-0.15, -0.1) is 0 Å². The third-order valence-corrected chi connectivity index (χ3v) is 3.15. The normalized spacial score (nSPS) is 18.6. The van der Waals surface area contributed by atoms with Gasteiger partial charge in [-0.1, -0.05) is 34.1 Å². The van der Waals surface area contributed by atoms with E-state index in [-0.39, 0.29) is 0 Å². The molecule has 0 radical (unpaired) electrons. The molecule has 0 aliphatic heterocycles. The van der Waals surface area contributed by atoms with Gasteiger partial charge in [0.15, 0.2) is 0 Å². The van der Waals surface area contributed by atoms with Crippen molar-refractivity contribution in [1.29, 1.82) is 0 Å². The van der Waals surface area contributed by atoms with Crippen molar-refractivity contribution >= 4 is 0 Å². The van der Waals surface area contributed by atoms with Crippen molar-refractivity contribution in [2.75, 3.05) is 20.1 Å². The molecule has 2 nitrogen and oxygen atoms in total. The molecule has 0 bridgehead atoms. The zero-order chi connectivity index (χ0) is 11.4. The minimum atomic E-state index is -0.567. The Kier molecular flexibility index (Phi) is 5.68. The number of likely N-dealkylation sites (N-methyl/N-ethyl adjacent to an activating group) is 1. The number of hydrogen-bond donors (Lipinski definition) is 1. The summed E-state index contributed by atoms with van der Waals surface area (Å²) in [5.74, 6) is 1.02. The molecule has 2 heteroatoms. The van der Waals surface area contributed by atoms with Crippen LogP contribution in [0.2, 0.25) is 0 Å². The van der Waals surface area contributed by atoms with Crippen LogP contribution in [0.25, 0.3) is 0 Å². The lowest BCUT2D eigenvalue weighted by Gasteiger charge is -2.33. The van der Waals surface area contributed by atoms with E-state index in [0.29, 0.717) is 11.8 Å². The van der Waals surface area contributed by atoms with Crippen LogP contribution in [0.1, 0.15) is 41.0 Å². The van der Waals surface area contributed by atoms with E-state index in [1.54, 1.807) is 0 Å². The number of aliphatic hydroxyl groups is 1. The van der Waals surface area contributed by atoms with Gasteiger partial charge in [0, 0.05) is 13.1 Å². The van der Waals surface area contributed by atoms with Crippen molar-refractivity contribution in [3.8, 4) is 0 Å². The minimum absolute atomic E-state index is 0.307. The first-order valence-corrected chi connectivity index (χ1v) is 5.70. The topological polar surface area (TPSA) is 23.5 Å². The van der Waals surface area contributed by atoms with Crippen LogP contribution in [0.5, 0.6) is 0 Å². The predicted octanol–water partition coefficient (Wildman–Crippen LogP) is 2.37. The van der Waals surface area contributed by atoms with E-state index in [4.69, 9.17) is 0 Å². The van der Waals surface area contributed by atoms with E-state index >= 15 is 0 Å². The van der Waals surface area contributed by atoms with E-state index in [1.165, 1.54) is 6.42 Å². The highest BCUT2D eigenvalue weighted by atomic mass is 16.3. The second kappa shape index (κ2) is 5.72. The molecule has 2 unspecified atom stereocenters. The van der Waals surface area contributed by atoms with Gasteiger partial charge in [0.25, 0.3) is 0 Å². The zero-order valence-corrected chi connectivity index (χ0v) is 10.7. The molecular weight excluding hydrogens is 174 g/mol. The monoisotopic (exact) mass is 201 g/mol. The Labute approximate surface area is 89.3 Å². The lowest BCUT2D eigenvalue weighted by Crippen LogP contribution is -2.44. The van der Waals surface area contributed by atoms with Crippen LogP contribution < -0.4 is 0 Å². The Morgan fingerprint density at radius 3 is 2.14 bits per heavy atom. The second-order valence-corrected chi connectivity index (χ2v) is 5.22. The lowest BCUT2D eigenvalue weighted by molar-refractivity contribution is -0.0154. The molecule has 0 aliphatic carbocycles. The molecule has 0 fully saturated rings. The van der Waals surface area contributed by atoms with Crippen LogP contribution in [0.3, 0.4) is 0 Å². The molecule has 2 atom stereocenters. The summed E-state index contributed by atoms with van der Waals surface area (Å²) in [6.45, 7) is 12.3. The van der Waals surface area contributed by atoms with Crippen LogP contribution in [-0.2, 0) is 0 Å². The Hall–Kier alpha value is -0.0800. The number of hydrogen-bond acceptors (Lipinski definition) is 2. The summed E-state index contributed by atoms with van der Waals surface area (Å²) in [5, 5.41) is 10.1. The third kappa shape index (κ3) is 4.97. The summed E-state index contributed by atoms with van der Waals surface area (Å²) in [6, 6.07) is 0. The van der Waals surface area contributed by atoms with Crippen molar-refractivity contribution in [3.05, 3.63) is 0 Å². The van der Waals surface area contributed by atoms with E-state index < -0.39 is 5.60 Å². The Morgan fingerprint density at radius 1 is 1.29 bits per heavy atom. The van der Waals surface area contributed by atoms with Crippen molar-refractivity contribution in [2.45, 2.75) is 46.6 Å². The first-order valence-electron chi connectivity index (χ1n) is 5.70. The molecule has 0 rings (SSSR count). The maximum Gasteiger partial charge on any atom is 0.0768 e. The first-order chi connectivity index (χ1) is 6.29. The molecular formula is C12H27NO. The van der Waals surface area contributed by atoms with Gasteiger partial charge < -0.3 is 10.0 Å². The number of nitrogens with zero attached hydrogens (tertiary/aromatic N) is 1. The highest BCUT2D eigenvalue weighted by Gasteiger charge is 2.26. The van der Waals surface area contributed by atoms with Gasteiger partial charge in [-0.3, -0.25) is 0 Å². The molecule has 0 aromatic rings. The molecule has 0 heterocycles. The van der Waals surface area contributed by atoms with Crippen LogP contribution in [0.15, 0.2) is 0 Å². The van der Waals surface area contributed by atoms with E-state index in [0.717, 1.165) is 13.1 Å². The molecule has 86 valence electrons. The fourth-order valence-electron chi connectivity index (χ4n) is 1.45. The van der Waals surface area contributed by atoms with Crippen molar-refractivity contribution in [3.63, 3.8) is 0 Å². The van der Waals surface area contributed by atoms with Gasteiger partial charge in [-0.2, -0.15) is 0 Å². The molecule has 0 saturated heterocycles. The van der Waals surface area contributed by atoms with Crippen LogP contribution in [0, 0.1) is 11.8 Å².